The second-order valence-electron chi connectivity index (χ2n) is 5.68. The lowest BCUT2D eigenvalue weighted by atomic mass is 9.90. The van der Waals surface area contributed by atoms with E-state index in [0.717, 1.165) is 6.07 Å². The van der Waals surface area contributed by atoms with E-state index >= 15 is 0 Å². The first-order chi connectivity index (χ1) is 12.3. The van der Waals surface area contributed by atoms with Crippen LogP contribution >= 0.6 is 0 Å². The zero-order valence-corrected chi connectivity index (χ0v) is 14.1. The summed E-state index contributed by atoms with van der Waals surface area (Å²) in [5.74, 6) is -5.48. The average Bonchev–Trinajstić information content (AvgIpc) is 2.61. The van der Waals surface area contributed by atoms with Crippen LogP contribution in [0.1, 0.15) is 17.9 Å². The molecule has 0 saturated carbocycles. The van der Waals surface area contributed by atoms with Crippen LogP contribution in [0.4, 0.5) is 20.2 Å². The van der Waals surface area contributed by atoms with Gasteiger partial charge in [0.1, 0.15) is 0 Å². The summed E-state index contributed by atoms with van der Waals surface area (Å²) in [5.41, 5.74) is 0.803. The van der Waals surface area contributed by atoms with Crippen molar-refractivity contribution in [1.82, 2.24) is 0 Å². The van der Waals surface area contributed by atoms with Crippen LogP contribution in [0.25, 0.3) is 0 Å². The molecule has 9 heteroatoms. The van der Waals surface area contributed by atoms with Crippen LogP contribution in [0.5, 0.6) is 0 Å². The molecule has 1 atom stereocenters. The minimum Gasteiger partial charge on any atom is -0.326 e. The van der Waals surface area contributed by atoms with Gasteiger partial charge in [0.25, 0.3) is 0 Å². The number of benzene rings is 2. The van der Waals surface area contributed by atoms with Crippen LogP contribution in [0.3, 0.4) is 0 Å². The molecular formula is C17H14F2N2O4S. The number of carbonyl (C=O) groups excluding carboxylic acids is 2. The van der Waals surface area contributed by atoms with E-state index in [1.54, 1.807) is 24.3 Å². The average molecular weight is 380 g/mol. The van der Waals surface area contributed by atoms with Crippen molar-refractivity contribution < 1.29 is 26.8 Å². The third-order valence-corrected chi connectivity index (χ3v) is 5.44. The Morgan fingerprint density at radius 2 is 1.77 bits per heavy atom. The van der Waals surface area contributed by atoms with Gasteiger partial charge in [-0.1, -0.05) is 30.3 Å². The van der Waals surface area contributed by atoms with E-state index in [4.69, 9.17) is 0 Å². The van der Waals surface area contributed by atoms with Gasteiger partial charge in [0.2, 0.25) is 21.7 Å². The summed E-state index contributed by atoms with van der Waals surface area (Å²) in [7, 11) is -4.88. The maximum atomic E-state index is 12.9. The summed E-state index contributed by atoms with van der Waals surface area (Å²) >= 11 is 0. The molecule has 0 aliphatic carbocycles. The van der Waals surface area contributed by atoms with Crippen molar-refractivity contribution in [2.75, 3.05) is 10.6 Å². The molecule has 1 aliphatic heterocycles. The maximum Gasteiger partial charge on any atom is 0.341 e. The van der Waals surface area contributed by atoms with Gasteiger partial charge in [-0.2, -0.15) is 8.78 Å². The number of rotatable bonds is 4. The Kier molecular flexibility index (Phi) is 4.73. The topological polar surface area (TPSA) is 92.3 Å². The highest BCUT2D eigenvalue weighted by Gasteiger charge is 2.33. The molecule has 0 spiro atoms. The summed E-state index contributed by atoms with van der Waals surface area (Å²) in [6, 6.07) is 11.6. The van der Waals surface area contributed by atoms with Crippen molar-refractivity contribution >= 4 is 33.0 Å². The highest BCUT2D eigenvalue weighted by atomic mass is 32.2. The molecule has 3 rings (SSSR count). The van der Waals surface area contributed by atoms with Crippen molar-refractivity contribution in [3.8, 4) is 0 Å². The molecule has 0 saturated heterocycles. The lowest BCUT2D eigenvalue weighted by Crippen LogP contribution is -2.31. The molecule has 0 aromatic heterocycles. The van der Waals surface area contributed by atoms with Crippen molar-refractivity contribution in [3.05, 3.63) is 54.1 Å². The van der Waals surface area contributed by atoms with Gasteiger partial charge in [-0.25, -0.2) is 8.42 Å². The lowest BCUT2D eigenvalue weighted by molar-refractivity contribution is -0.123. The molecule has 0 radical (unpaired) electrons. The molecule has 0 fully saturated rings. The summed E-state index contributed by atoms with van der Waals surface area (Å²) in [6.45, 7) is 0. The van der Waals surface area contributed by atoms with E-state index in [1.807, 2.05) is 0 Å². The summed E-state index contributed by atoms with van der Waals surface area (Å²) < 4.78 is 49.3. The zero-order chi connectivity index (χ0) is 18.9. The number of anilines is 2. The quantitative estimate of drug-likeness (QED) is 0.853. The summed E-state index contributed by atoms with van der Waals surface area (Å²) in [6.07, 6.45) is -0.132. The molecule has 26 heavy (non-hydrogen) atoms. The number of fused-ring (bicyclic) bond motifs is 1. The van der Waals surface area contributed by atoms with Crippen molar-refractivity contribution in [1.29, 1.82) is 0 Å². The fraction of sp³-hybridized carbons (Fsp3) is 0.176. The van der Waals surface area contributed by atoms with E-state index in [9.17, 15) is 26.8 Å². The SMILES string of the molecule is O=C1CC(C(=O)Nc2ccccc2S(=O)(=O)C(F)F)c2ccccc2N1. The van der Waals surface area contributed by atoms with Gasteiger partial charge in [0.05, 0.1) is 16.5 Å². The van der Waals surface area contributed by atoms with Gasteiger partial charge < -0.3 is 10.6 Å². The fourth-order valence-electron chi connectivity index (χ4n) is 2.78. The molecule has 2 aromatic carbocycles. The van der Waals surface area contributed by atoms with Gasteiger partial charge >= 0.3 is 5.76 Å². The van der Waals surface area contributed by atoms with Crippen LogP contribution in [0, 0.1) is 0 Å². The first kappa shape index (κ1) is 18.0. The molecule has 1 heterocycles. The second kappa shape index (κ2) is 6.83. The standard InChI is InChI=1S/C17H14F2N2O4S/c18-17(19)26(24,25)14-8-4-3-7-13(14)21-16(23)11-9-15(22)20-12-6-2-1-5-10(11)12/h1-8,11,17H,9H2,(H,20,22)(H,21,23). The first-order valence-electron chi connectivity index (χ1n) is 7.61. The largest absolute Gasteiger partial charge is 0.341 e. The Morgan fingerprint density at radius 3 is 2.50 bits per heavy atom. The van der Waals surface area contributed by atoms with E-state index in [2.05, 4.69) is 10.6 Å². The van der Waals surface area contributed by atoms with Crippen LogP contribution in [-0.2, 0) is 19.4 Å². The Labute approximate surface area is 148 Å². The van der Waals surface area contributed by atoms with Crippen LogP contribution < -0.4 is 10.6 Å². The first-order valence-corrected chi connectivity index (χ1v) is 9.16. The number of para-hydroxylation sites is 2. The second-order valence-corrected chi connectivity index (χ2v) is 7.57. The maximum absolute atomic E-state index is 12.9. The van der Waals surface area contributed by atoms with Gasteiger partial charge in [-0.15, -0.1) is 0 Å². The summed E-state index contributed by atoms with van der Waals surface area (Å²) in [4.78, 5) is 23.8. The molecule has 6 nitrogen and oxygen atoms in total. The van der Waals surface area contributed by atoms with Crippen molar-refractivity contribution in [2.24, 2.45) is 0 Å². The molecule has 1 aliphatic rings. The third kappa shape index (κ3) is 3.30. The fourth-order valence-corrected chi connectivity index (χ4v) is 3.66. The molecule has 136 valence electrons. The van der Waals surface area contributed by atoms with Gasteiger partial charge in [-0.3, -0.25) is 9.59 Å². The number of sulfone groups is 1. The molecule has 2 aromatic rings. The van der Waals surface area contributed by atoms with Gasteiger partial charge in [-0.05, 0) is 23.8 Å². The van der Waals surface area contributed by atoms with Crippen LogP contribution in [-0.4, -0.2) is 26.0 Å². The highest BCUT2D eigenvalue weighted by Crippen LogP contribution is 2.34. The molecular weight excluding hydrogens is 366 g/mol. The van der Waals surface area contributed by atoms with Crippen molar-refractivity contribution in [2.45, 2.75) is 23.0 Å². The third-order valence-electron chi connectivity index (χ3n) is 4.00. The number of halogens is 2. The predicted molar refractivity (Wildman–Crippen MR) is 90.7 cm³/mol. The minimum absolute atomic E-state index is 0.132. The van der Waals surface area contributed by atoms with E-state index in [1.165, 1.54) is 18.2 Å². The molecule has 2 amide bonds. The number of hydrogen-bond donors (Lipinski definition) is 2. The minimum atomic E-state index is -4.88. The Morgan fingerprint density at radius 1 is 1.12 bits per heavy atom. The molecule has 2 N–H and O–H groups in total. The van der Waals surface area contributed by atoms with Gasteiger partial charge in [0.15, 0.2) is 0 Å². The predicted octanol–water partition coefficient (Wildman–Crippen LogP) is 2.75. The number of hydrogen-bond acceptors (Lipinski definition) is 4. The Bertz CT molecular complexity index is 976. The van der Waals surface area contributed by atoms with E-state index in [0.29, 0.717) is 11.3 Å². The highest BCUT2D eigenvalue weighted by molar-refractivity contribution is 7.91. The molecule has 0 bridgehead atoms. The Balaban J connectivity index is 1.94. The number of amides is 2. The normalized spacial score (nSPS) is 16.7. The Hall–Kier alpha value is -2.81. The summed E-state index contributed by atoms with van der Waals surface area (Å²) in [5, 5.41) is 5.02. The van der Waals surface area contributed by atoms with E-state index < -0.39 is 32.3 Å². The monoisotopic (exact) mass is 380 g/mol. The van der Waals surface area contributed by atoms with Gasteiger partial charge in [0, 0.05) is 12.1 Å². The lowest BCUT2D eigenvalue weighted by Gasteiger charge is -2.25. The molecule has 1 unspecified atom stereocenters. The zero-order valence-electron chi connectivity index (χ0n) is 13.3. The van der Waals surface area contributed by atoms with E-state index in [-0.39, 0.29) is 18.0 Å². The van der Waals surface area contributed by atoms with Crippen LogP contribution in [0.2, 0.25) is 0 Å². The number of carbonyl (C=O) groups is 2. The smallest absolute Gasteiger partial charge is 0.326 e. The van der Waals surface area contributed by atoms with Crippen LogP contribution in [0.15, 0.2) is 53.4 Å². The number of nitrogens with one attached hydrogen (secondary N) is 2. The number of alkyl halides is 2. The van der Waals surface area contributed by atoms with Crippen molar-refractivity contribution in [3.63, 3.8) is 0 Å².